The summed E-state index contributed by atoms with van der Waals surface area (Å²) in [5, 5.41) is 3.22. The second-order valence-corrected chi connectivity index (χ2v) is 6.67. The predicted molar refractivity (Wildman–Crippen MR) is 52.5 cm³/mol. The summed E-state index contributed by atoms with van der Waals surface area (Å²) in [6.45, 7) is 0.457. The average Bonchev–Trinajstić information content (AvgIpc) is 2.40. The molecule has 0 saturated carbocycles. The van der Waals surface area contributed by atoms with Crippen molar-refractivity contribution in [2.45, 2.75) is 36.2 Å². The minimum absolute atomic E-state index is 0.153. The van der Waals surface area contributed by atoms with Crippen LogP contribution in [0, 0.1) is 5.92 Å². The fourth-order valence-electron chi connectivity index (χ4n) is 2.62. The predicted octanol–water partition coefficient (Wildman–Crippen LogP) is 1.65. The zero-order valence-corrected chi connectivity index (χ0v) is 8.65. The van der Waals surface area contributed by atoms with Crippen LogP contribution in [0.15, 0.2) is 5.11 Å². The summed E-state index contributed by atoms with van der Waals surface area (Å²) in [5.74, 6) is 0.284. The Hall–Kier alpha value is -0.740. The lowest BCUT2D eigenvalue weighted by Crippen LogP contribution is -2.33. The second-order valence-electron chi connectivity index (χ2n) is 4.16. The van der Waals surface area contributed by atoms with E-state index in [2.05, 4.69) is 10.0 Å². The smallest absolute Gasteiger partial charge is 0.156 e. The molecule has 6 heteroatoms. The second kappa shape index (κ2) is 3.44. The summed E-state index contributed by atoms with van der Waals surface area (Å²) in [6.07, 6.45) is 3.00. The van der Waals surface area contributed by atoms with E-state index in [1.807, 2.05) is 0 Å². The van der Waals surface area contributed by atoms with Crippen LogP contribution in [-0.2, 0) is 9.84 Å². The third kappa shape index (κ3) is 1.48. The Balaban J connectivity index is 2.10. The molecule has 0 aromatic carbocycles. The van der Waals surface area contributed by atoms with Crippen molar-refractivity contribution < 1.29 is 8.42 Å². The van der Waals surface area contributed by atoms with E-state index < -0.39 is 9.84 Å². The molecular weight excluding hydrogens is 202 g/mol. The lowest BCUT2D eigenvalue weighted by atomic mass is 10.00. The monoisotopic (exact) mass is 215 g/mol. The van der Waals surface area contributed by atoms with E-state index >= 15 is 0 Å². The van der Waals surface area contributed by atoms with Gasteiger partial charge in [0.1, 0.15) is 0 Å². The quantitative estimate of drug-likeness (QED) is 0.398. The van der Waals surface area contributed by atoms with E-state index in [1.54, 1.807) is 0 Å². The maximum atomic E-state index is 11.7. The number of azide groups is 1. The molecule has 0 amide bonds. The van der Waals surface area contributed by atoms with Gasteiger partial charge in [-0.3, -0.25) is 0 Å². The third-order valence-electron chi connectivity index (χ3n) is 3.34. The van der Waals surface area contributed by atoms with Crippen LogP contribution < -0.4 is 0 Å². The van der Waals surface area contributed by atoms with Gasteiger partial charge in [-0.15, -0.1) is 0 Å². The molecule has 2 fully saturated rings. The Bertz CT molecular complexity index is 352. The normalized spacial score (nSPS) is 39.0. The molecule has 2 bridgehead atoms. The van der Waals surface area contributed by atoms with Gasteiger partial charge < -0.3 is 0 Å². The van der Waals surface area contributed by atoms with E-state index in [4.69, 9.17) is 5.53 Å². The summed E-state index contributed by atoms with van der Waals surface area (Å²) in [5.41, 5.74) is 8.19. The largest absolute Gasteiger partial charge is 0.228 e. The highest BCUT2D eigenvalue weighted by molar-refractivity contribution is 7.93. The van der Waals surface area contributed by atoms with Crippen LogP contribution in [0.2, 0.25) is 0 Å². The zero-order valence-electron chi connectivity index (χ0n) is 7.83. The van der Waals surface area contributed by atoms with Gasteiger partial charge in [0.05, 0.1) is 10.5 Å². The minimum Gasteiger partial charge on any atom is -0.228 e. The van der Waals surface area contributed by atoms with E-state index in [0.717, 1.165) is 12.8 Å². The highest BCUT2D eigenvalue weighted by Gasteiger charge is 2.46. The van der Waals surface area contributed by atoms with Gasteiger partial charge in [-0.2, -0.15) is 0 Å². The van der Waals surface area contributed by atoms with Gasteiger partial charge in [-0.25, -0.2) is 8.42 Å². The summed E-state index contributed by atoms with van der Waals surface area (Å²) >= 11 is 0. The van der Waals surface area contributed by atoms with Crippen LogP contribution in [0.3, 0.4) is 0 Å². The fraction of sp³-hybridized carbons (Fsp3) is 1.00. The van der Waals surface area contributed by atoms with Crippen LogP contribution in [0.5, 0.6) is 0 Å². The van der Waals surface area contributed by atoms with Crippen molar-refractivity contribution >= 4 is 9.84 Å². The SMILES string of the molecule is [N-]=[N+]=NCC1CC2CCC(C1)S2(=O)=O. The van der Waals surface area contributed by atoms with Gasteiger partial charge in [0, 0.05) is 11.5 Å². The van der Waals surface area contributed by atoms with Crippen molar-refractivity contribution in [2.24, 2.45) is 11.0 Å². The Kier molecular flexibility index (Phi) is 2.41. The van der Waals surface area contributed by atoms with Crippen LogP contribution in [-0.4, -0.2) is 25.5 Å². The number of nitrogens with zero attached hydrogens (tertiary/aromatic N) is 3. The van der Waals surface area contributed by atoms with Crippen molar-refractivity contribution in [1.82, 2.24) is 0 Å². The molecule has 78 valence electrons. The summed E-state index contributed by atoms with van der Waals surface area (Å²) in [4.78, 5) is 2.71. The Morgan fingerprint density at radius 1 is 1.29 bits per heavy atom. The molecule has 0 radical (unpaired) electrons. The standard InChI is InChI=1S/C8H13N3O2S/c9-11-10-5-6-3-7-1-2-8(4-6)14(7,12)13/h6-8H,1-5H2. The molecule has 0 N–H and O–H groups in total. The first-order valence-corrected chi connectivity index (χ1v) is 6.49. The Morgan fingerprint density at radius 2 is 1.86 bits per heavy atom. The van der Waals surface area contributed by atoms with Crippen molar-refractivity contribution in [3.8, 4) is 0 Å². The molecule has 0 aliphatic carbocycles. The Labute approximate surface area is 83.0 Å². The van der Waals surface area contributed by atoms with E-state index in [-0.39, 0.29) is 16.4 Å². The van der Waals surface area contributed by atoms with E-state index in [1.165, 1.54) is 0 Å². The van der Waals surface area contributed by atoms with Crippen LogP contribution >= 0.6 is 0 Å². The van der Waals surface area contributed by atoms with Gasteiger partial charge in [0.15, 0.2) is 9.84 Å². The number of sulfone groups is 1. The van der Waals surface area contributed by atoms with E-state index in [0.29, 0.717) is 19.4 Å². The molecule has 2 rings (SSSR count). The first-order valence-electron chi connectivity index (χ1n) is 4.88. The minimum atomic E-state index is -2.82. The maximum absolute atomic E-state index is 11.7. The van der Waals surface area contributed by atoms with Gasteiger partial charge in [0.25, 0.3) is 0 Å². The summed E-state index contributed by atoms with van der Waals surface area (Å²) < 4.78 is 23.4. The highest BCUT2D eigenvalue weighted by atomic mass is 32.2. The van der Waals surface area contributed by atoms with Crippen LogP contribution in [0.1, 0.15) is 25.7 Å². The first kappa shape index (κ1) is 9.80. The molecule has 0 spiro atoms. The number of rotatable bonds is 2. The molecule has 0 aromatic rings. The summed E-state index contributed by atoms with van der Waals surface area (Å²) in [6, 6.07) is 0. The number of hydrogen-bond donors (Lipinski definition) is 0. The van der Waals surface area contributed by atoms with Crippen molar-refractivity contribution in [1.29, 1.82) is 0 Å². The lowest BCUT2D eigenvalue weighted by molar-refractivity contribution is 0.434. The molecule has 2 heterocycles. The topological polar surface area (TPSA) is 82.9 Å². The lowest BCUT2D eigenvalue weighted by Gasteiger charge is -2.26. The molecule has 2 atom stereocenters. The van der Waals surface area contributed by atoms with Gasteiger partial charge in [-0.1, -0.05) is 5.11 Å². The molecule has 2 saturated heterocycles. The Morgan fingerprint density at radius 3 is 2.36 bits per heavy atom. The zero-order chi connectivity index (χ0) is 10.2. The van der Waals surface area contributed by atoms with E-state index in [9.17, 15) is 8.42 Å². The molecule has 0 aromatic heterocycles. The maximum Gasteiger partial charge on any atom is 0.156 e. The average molecular weight is 215 g/mol. The highest BCUT2D eigenvalue weighted by Crippen LogP contribution is 2.41. The van der Waals surface area contributed by atoms with Gasteiger partial charge in [0.2, 0.25) is 0 Å². The number of fused-ring (bicyclic) bond motifs is 2. The van der Waals surface area contributed by atoms with Crippen molar-refractivity contribution in [2.75, 3.05) is 6.54 Å². The van der Waals surface area contributed by atoms with Crippen molar-refractivity contribution in [3.63, 3.8) is 0 Å². The van der Waals surface area contributed by atoms with Crippen LogP contribution in [0.4, 0.5) is 0 Å². The molecule has 5 nitrogen and oxygen atoms in total. The fourth-order valence-corrected chi connectivity index (χ4v) is 5.17. The number of hydrogen-bond acceptors (Lipinski definition) is 3. The molecule has 2 aliphatic heterocycles. The molecule has 2 unspecified atom stereocenters. The van der Waals surface area contributed by atoms with Crippen molar-refractivity contribution in [3.05, 3.63) is 10.4 Å². The summed E-state index contributed by atoms with van der Waals surface area (Å²) in [7, 11) is -2.82. The molecular formula is C8H13N3O2S. The molecule has 14 heavy (non-hydrogen) atoms. The van der Waals surface area contributed by atoms with Gasteiger partial charge in [-0.05, 0) is 37.1 Å². The van der Waals surface area contributed by atoms with Gasteiger partial charge >= 0.3 is 0 Å². The third-order valence-corrected chi connectivity index (χ3v) is 6.05. The first-order chi connectivity index (χ1) is 6.64. The molecule has 2 aliphatic rings. The van der Waals surface area contributed by atoms with Crippen LogP contribution in [0.25, 0.3) is 10.4 Å².